The van der Waals surface area contributed by atoms with Crippen LogP contribution in [-0.2, 0) is 16.0 Å². The van der Waals surface area contributed by atoms with Gasteiger partial charge in [-0.25, -0.2) is 0 Å². The van der Waals surface area contributed by atoms with E-state index < -0.39 is 5.41 Å². The predicted octanol–water partition coefficient (Wildman–Crippen LogP) is 3.40. The van der Waals surface area contributed by atoms with E-state index in [4.69, 9.17) is 5.73 Å². The Kier molecular flexibility index (Phi) is 5.40. The van der Waals surface area contributed by atoms with Gasteiger partial charge >= 0.3 is 0 Å². The van der Waals surface area contributed by atoms with E-state index >= 15 is 0 Å². The van der Waals surface area contributed by atoms with Gasteiger partial charge in [-0.05, 0) is 36.0 Å². The van der Waals surface area contributed by atoms with Gasteiger partial charge in [0.2, 0.25) is 11.8 Å². The molecular weight excluding hydrogens is 324 g/mol. The standard InChI is InChI=1S/C22H26N2O2/c1-2-20(25)24-14-6-13-22(16-24,21(23)26)15-17-9-11-19(12-10-17)18-7-4-3-5-8-18/h3-5,7-12H,2,6,13-16H2,1H3,(H2,23,26)/t22-/m0/s1. The van der Waals surface area contributed by atoms with Gasteiger partial charge in [-0.2, -0.15) is 0 Å². The molecule has 26 heavy (non-hydrogen) atoms. The molecule has 1 saturated heterocycles. The third-order valence-electron chi connectivity index (χ3n) is 5.36. The molecule has 1 atom stereocenters. The van der Waals surface area contributed by atoms with E-state index in [0.29, 0.717) is 25.9 Å². The van der Waals surface area contributed by atoms with Crippen molar-refractivity contribution in [1.82, 2.24) is 4.90 Å². The highest BCUT2D eigenvalue weighted by molar-refractivity contribution is 5.83. The number of likely N-dealkylation sites (tertiary alicyclic amines) is 1. The van der Waals surface area contributed by atoms with Crippen LogP contribution in [0, 0.1) is 5.41 Å². The monoisotopic (exact) mass is 350 g/mol. The first-order chi connectivity index (χ1) is 12.5. The number of benzene rings is 2. The molecule has 2 amide bonds. The Balaban J connectivity index is 1.80. The van der Waals surface area contributed by atoms with Gasteiger partial charge in [-0.15, -0.1) is 0 Å². The summed E-state index contributed by atoms with van der Waals surface area (Å²) in [6.07, 6.45) is 2.58. The lowest BCUT2D eigenvalue weighted by Crippen LogP contribution is -2.53. The number of carbonyl (C=O) groups excluding carboxylic acids is 2. The van der Waals surface area contributed by atoms with Crippen LogP contribution >= 0.6 is 0 Å². The fraction of sp³-hybridized carbons (Fsp3) is 0.364. The normalized spacial score (nSPS) is 20.0. The molecule has 0 saturated carbocycles. The summed E-state index contributed by atoms with van der Waals surface area (Å²) in [5, 5.41) is 0. The average molecular weight is 350 g/mol. The van der Waals surface area contributed by atoms with Gasteiger partial charge in [0, 0.05) is 19.5 Å². The van der Waals surface area contributed by atoms with Gasteiger partial charge in [-0.3, -0.25) is 9.59 Å². The van der Waals surface area contributed by atoms with Crippen LogP contribution in [0.2, 0.25) is 0 Å². The second kappa shape index (κ2) is 7.73. The van der Waals surface area contributed by atoms with E-state index in [1.165, 1.54) is 5.56 Å². The van der Waals surface area contributed by atoms with Crippen molar-refractivity contribution in [3.63, 3.8) is 0 Å². The van der Waals surface area contributed by atoms with Crippen molar-refractivity contribution >= 4 is 11.8 Å². The Labute approximate surface area is 155 Å². The van der Waals surface area contributed by atoms with Crippen LogP contribution in [0.5, 0.6) is 0 Å². The molecule has 1 aliphatic heterocycles. The van der Waals surface area contributed by atoms with Gasteiger partial charge in [-0.1, -0.05) is 61.5 Å². The fourth-order valence-electron chi connectivity index (χ4n) is 3.84. The molecule has 0 aliphatic carbocycles. The molecule has 2 N–H and O–H groups in total. The first-order valence-electron chi connectivity index (χ1n) is 9.26. The zero-order chi connectivity index (χ0) is 18.6. The fourth-order valence-corrected chi connectivity index (χ4v) is 3.84. The summed E-state index contributed by atoms with van der Waals surface area (Å²) < 4.78 is 0. The number of carbonyl (C=O) groups is 2. The summed E-state index contributed by atoms with van der Waals surface area (Å²) in [6.45, 7) is 3.00. The molecule has 0 bridgehead atoms. The molecule has 1 heterocycles. The van der Waals surface area contributed by atoms with E-state index in [0.717, 1.165) is 24.0 Å². The number of nitrogens with two attached hydrogens (primary N) is 1. The van der Waals surface area contributed by atoms with Crippen molar-refractivity contribution in [3.05, 3.63) is 60.2 Å². The molecule has 0 unspecified atom stereocenters. The molecule has 0 radical (unpaired) electrons. The lowest BCUT2D eigenvalue weighted by Gasteiger charge is -2.41. The maximum Gasteiger partial charge on any atom is 0.225 e. The minimum Gasteiger partial charge on any atom is -0.369 e. The molecule has 3 rings (SSSR count). The first kappa shape index (κ1) is 18.2. The van der Waals surface area contributed by atoms with Crippen LogP contribution in [-0.4, -0.2) is 29.8 Å². The van der Waals surface area contributed by atoms with E-state index in [2.05, 4.69) is 36.4 Å². The lowest BCUT2D eigenvalue weighted by atomic mass is 9.74. The number of piperidine rings is 1. The highest BCUT2D eigenvalue weighted by Crippen LogP contribution is 2.34. The Hall–Kier alpha value is -2.62. The minimum absolute atomic E-state index is 0.0924. The summed E-state index contributed by atoms with van der Waals surface area (Å²) >= 11 is 0. The molecule has 0 spiro atoms. The third-order valence-corrected chi connectivity index (χ3v) is 5.36. The van der Waals surface area contributed by atoms with E-state index in [-0.39, 0.29) is 11.8 Å². The Morgan fingerprint density at radius 3 is 2.31 bits per heavy atom. The van der Waals surface area contributed by atoms with Crippen LogP contribution in [0.25, 0.3) is 11.1 Å². The number of nitrogens with zero attached hydrogens (tertiary/aromatic N) is 1. The van der Waals surface area contributed by atoms with Crippen molar-refractivity contribution in [2.75, 3.05) is 13.1 Å². The number of hydrogen-bond acceptors (Lipinski definition) is 2. The Bertz CT molecular complexity index is 770. The largest absolute Gasteiger partial charge is 0.369 e. The van der Waals surface area contributed by atoms with Gasteiger partial charge in [0.25, 0.3) is 0 Å². The first-order valence-corrected chi connectivity index (χ1v) is 9.26. The van der Waals surface area contributed by atoms with Crippen molar-refractivity contribution in [3.8, 4) is 11.1 Å². The SMILES string of the molecule is CCC(=O)N1CCC[C@@](Cc2ccc(-c3ccccc3)cc2)(C(N)=O)C1. The van der Waals surface area contributed by atoms with E-state index in [1.54, 1.807) is 4.90 Å². The summed E-state index contributed by atoms with van der Waals surface area (Å²) in [5.41, 5.74) is 8.52. The highest BCUT2D eigenvalue weighted by atomic mass is 16.2. The van der Waals surface area contributed by atoms with Crippen molar-refractivity contribution in [2.24, 2.45) is 11.1 Å². The topological polar surface area (TPSA) is 63.4 Å². The molecule has 1 fully saturated rings. The number of amides is 2. The highest BCUT2D eigenvalue weighted by Gasteiger charge is 2.41. The van der Waals surface area contributed by atoms with Crippen LogP contribution in [0.15, 0.2) is 54.6 Å². The summed E-state index contributed by atoms with van der Waals surface area (Å²) in [7, 11) is 0. The second-order valence-corrected chi connectivity index (χ2v) is 7.16. The van der Waals surface area contributed by atoms with Crippen LogP contribution < -0.4 is 5.73 Å². The summed E-state index contributed by atoms with van der Waals surface area (Å²) in [5.74, 6) is -0.215. The molecule has 2 aromatic carbocycles. The van der Waals surface area contributed by atoms with Crippen molar-refractivity contribution in [1.29, 1.82) is 0 Å². The van der Waals surface area contributed by atoms with Crippen molar-refractivity contribution in [2.45, 2.75) is 32.6 Å². The van der Waals surface area contributed by atoms with Gasteiger partial charge < -0.3 is 10.6 Å². The molecule has 4 nitrogen and oxygen atoms in total. The molecule has 4 heteroatoms. The van der Waals surface area contributed by atoms with Crippen LogP contribution in [0.4, 0.5) is 0 Å². The average Bonchev–Trinajstić information content (AvgIpc) is 2.68. The van der Waals surface area contributed by atoms with E-state index in [1.807, 2.05) is 25.1 Å². The second-order valence-electron chi connectivity index (χ2n) is 7.16. The molecule has 0 aromatic heterocycles. The lowest BCUT2D eigenvalue weighted by molar-refractivity contribution is -0.139. The quantitative estimate of drug-likeness (QED) is 0.898. The predicted molar refractivity (Wildman–Crippen MR) is 103 cm³/mol. The molecule has 2 aromatic rings. The molecule has 136 valence electrons. The summed E-state index contributed by atoms with van der Waals surface area (Å²) in [4.78, 5) is 26.2. The Morgan fingerprint density at radius 2 is 1.69 bits per heavy atom. The number of rotatable bonds is 5. The zero-order valence-electron chi connectivity index (χ0n) is 15.3. The zero-order valence-corrected chi connectivity index (χ0v) is 15.3. The molecule has 1 aliphatic rings. The third kappa shape index (κ3) is 3.79. The maximum atomic E-state index is 12.3. The Morgan fingerprint density at radius 1 is 1.04 bits per heavy atom. The smallest absolute Gasteiger partial charge is 0.225 e. The van der Waals surface area contributed by atoms with Crippen molar-refractivity contribution < 1.29 is 9.59 Å². The van der Waals surface area contributed by atoms with Crippen LogP contribution in [0.1, 0.15) is 31.7 Å². The number of hydrogen-bond donors (Lipinski definition) is 1. The van der Waals surface area contributed by atoms with Gasteiger partial charge in [0.1, 0.15) is 0 Å². The minimum atomic E-state index is -0.669. The van der Waals surface area contributed by atoms with Crippen LogP contribution in [0.3, 0.4) is 0 Å². The van der Waals surface area contributed by atoms with Gasteiger partial charge in [0.05, 0.1) is 5.41 Å². The maximum absolute atomic E-state index is 12.3. The molecular formula is C22H26N2O2. The van der Waals surface area contributed by atoms with Gasteiger partial charge in [0.15, 0.2) is 0 Å². The number of primary amides is 1. The van der Waals surface area contributed by atoms with E-state index in [9.17, 15) is 9.59 Å². The summed E-state index contributed by atoms with van der Waals surface area (Å²) in [6, 6.07) is 18.5.